The molecule has 0 saturated heterocycles. The minimum Gasteiger partial charge on any atom is -0.302 e. The van der Waals surface area contributed by atoms with Crippen LogP contribution in [0.4, 0.5) is 10.1 Å². The summed E-state index contributed by atoms with van der Waals surface area (Å²) in [6.07, 6.45) is 1.61. The molecule has 0 fully saturated rings. The van der Waals surface area contributed by atoms with Gasteiger partial charge in [-0.3, -0.25) is 9.59 Å². The van der Waals surface area contributed by atoms with Crippen molar-refractivity contribution in [2.24, 2.45) is 0 Å². The summed E-state index contributed by atoms with van der Waals surface area (Å²) in [6, 6.07) is 4.10. The first-order valence-electron chi connectivity index (χ1n) is 6.16. The van der Waals surface area contributed by atoms with Crippen LogP contribution in [0, 0.1) is 5.82 Å². The molecule has 0 bridgehead atoms. The number of amides is 1. The molecule has 19 heavy (non-hydrogen) atoms. The van der Waals surface area contributed by atoms with Gasteiger partial charge in [-0.15, -0.1) is 0 Å². The van der Waals surface area contributed by atoms with E-state index in [4.69, 9.17) is 0 Å². The number of benzene rings is 1. The first-order valence-corrected chi connectivity index (χ1v) is 6.16. The Hall–Kier alpha value is -2.04. The maximum absolute atomic E-state index is 13.7. The highest BCUT2D eigenvalue weighted by atomic mass is 19.1. The van der Waals surface area contributed by atoms with Crippen LogP contribution in [0.25, 0.3) is 0 Å². The number of hydrogen-bond acceptors (Lipinski definition) is 3. The molecule has 1 aliphatic rings. The van der Waals surface area contributed by atoms with E-state index in [0.29, 0.717) is 19.3 Å². The van der Waals surface area contributed by atoms with Crippen molar-refractivity contribution in [1.82, 2.24) is 0 Å². The SMILES string of the molecule is CC(=O)CCCCN1C(=O)C(=O)c2cccc(F)c21. The molecule has 0 atom stereocenters. The van der Waals surface area contributed by atoms with Crippen LogP contribution < -0.4 is 4.90 Å². The highest BCUT2D eigenvalue weighted by Crippen LogP contribution is 2.31. The van der Waals surface area contributed by atoms with Gasteiger partial charge in [-0.2, -0.15) is 0 Å². The van der Waals surface area contributed by atoms with Crippen LogP contribution in [0.5, 0.6) is 0 Å². The second-order valence-electron chi connectivity index (χ2n) is 4.58. The third-order valence-electron chi connectivity index (χ3n) is 3.10. The molecule has 1 aromatic carbocycles. The molecule has 0 N–H and O–H groups in total. The third kappa shape index (κ3) is 2.54. The Balaban J connectivity index is 2.12. The van der Waals surface area contributed by atoms with E-state index in [1.807, 2.05) is 0 Å². The number of fused-ring (bicyclic) bond motifs is 1. The second-order valence-corrected chi connectivity index (χ2v) is 4.58. The van der Waals surface area contributed by atoms with Gasteiger partial charge in [0, 0.05) is 13.0 Å². The molecule has 0 aliphatic carbocycles. The monoisotopic (exact) mass is 263 g/mol. The number of Topliss-reactive ketones (excluding diaryl/α,β-unsaturated/α-hetero) is 2. The van der Waals surface area contributed by atoms with Crippen LogP contribution in [0.3, 0.4) is 0 Å². The molecule has 2 rings (SSSR count). The van der Waals surface area contributed by atoms with E-state index < -0.39 is 17.5 Å². The third-order valence-corrected chi connectivity index (χ3v) is 3.10. The van der Waals surface area contributed by atoms with Crippen LogP contribution >= 0.6 is 0 Å². The maximum atomic E-state index is 13.7. The minimum absolute atomic E-state index is 0.0697. The fourth-order valence-electron chi connectivity index (χ4n) is 2.17. The number of carbonyl (C=O) groups excluding carboxylic acids is 3. The largest absolute Gasteiger partial charge is 0.302 e. The number of unbranched alkanes of at least 4 members (excludes halogenated alkanes) is 1. The van der Waals surface area contributed by atoms with Gasteiger partial charge in [-0.05, 0) is 31.9 Å². The zero-order chi connectivity index (χ0) is 14.0. The Labute approximate surface area is 110 Å². The molecule has 1 aliphatic heterocycles. The van der Waals surface area contributed by atoms with Crippen molar-refractivity contribution in [2.45, 2.75) is 26.2 Å². The zero-order valence-corrected chi connectivity index (χ0v) is 10.6. The number of rotatable bonds is 5. The highest BCUT2D eigenvalue weighted by Gasteiger charge is 2.37. The molecule has 0 saturated carbocycles. The zero-order valence-electron chi connectivity index (χ0n) is 10.6. The molecule has 1 aromatic rings. The summed E-state index contributed by atoms with van der Waals surface area (Å²) in [5.74, 6) is -1.84. The van der Waals surface area contributed by atoms with Crippen molar-refractivity contribution in [3.05, 3.63) is 29.6 Å². The van der Waals surface area contributed by atoms with Gasteiger partial charge in [0.2, 0.25) is 0 Å². The van der Waals surface area contributed by atoms with Crippen LogP contribution in [0.15, 0.2) is 18.2 Å². The van der Waals surface area contributed by atoms with Crippen LogP contribution in [0.1, 0.15) is 36.5 Å². The van der Waals surface area contributed by atoms with Gasteiger partial charge < -0.3 is 9.69 Å². The summed E-state index contributed by atoms with van der Waals surface area (Å²) < 4.78 is 13.7. The Morgan fingerprint density at radius 3 is 2.68 bits per heavy atom. The van der Waals surface area contributed by atoms with E-state index in [0.717, 1.165) is 0 Å². The first kappa shape index (κ1) is 13.4. The molecule has 0 spiro atoms. The summed E-state index contributed by atoms with van der Waals surface area (Å²) in [6.45, 7) is 1.76. The molecule has 5 heteroatoms. The predicted molar refractivity (Wildman–Crippen MR) is 67.6 cm³/mol. The van der Waals surface area contributed by atoms with Gasteiger partial charge in [0.1, 0.15) is 11.6 Å². The van der Waals surface area contributed by atoms with Crippen LogP contribution in [-0.2, 0) is 9.59 Å². The lowest BCUT2D eigenvalue weighted by Crippen LogP contribution is -2.31. The number of ketones is 2. The number of anilines is 1. The number of halogens is 1. The molecule has 100 valence electrons. The van der Waals surface area contributed by atoms with Gasteiger partial charge in [0.05, 0.1) is 11.3 Å². The van der Waals surface area contributed by atoms with Crippen molar-refractivity contribution >= 4 is 23.2 Å². The average Bonchev–Trinajstić information content (AvgIpc) is 2.60. The predicted octanol–water partition coefficient (Wildman–Crippen LogP) is 2.11. The highest BCUT2D eigenvalue weighted by molar-refractivity contribution is 6.52. The summed E-state index contributed by atoms with van der Waals surface area (Å²) in [5, 5.41) is 0. The van der Waals surface area contributed by atoms with Crippen LogP contribution in [-0.4, -0.2) is 24.0 Å². The van der Waals surface area contributed by atoms with E-state index in [1.54, 1.807) is 0 Å². The fourth-order valence-corrected chi connectivity index (χ4v) is 2.17. The molecule has 0 radical (unpaired) electrons. The van der Waals surface area contributed by atoms with E-state index >= 15 is 0 Å². The molecule has 1 heterocycles. The lowest BCUT2D eigenvalue weighted by molar-refractivity contribution is -0.117. The minimum atomic E-state index is -0.692. The van der Waals surface area contributed by atoms with Gasteiger partial charge in [0.15, 0.2) is 0 Å². The number of para-hydroxylation sites is 1. The summed E-state index contributed by atoms with van der Waals surface area (Å²) >= 11 is 0. The van der Waals surface area contributed by atoms with Gasteiger partial charge >= 0.3 is 0 Å². The molecular formula is C14H14FNO3. The van der Waals surface area contributed by atoms with Gasteiger partial charge in [-0.25, -0.2) is 4.39 Å². The molecule has 1 amide bonds. The Kier molecular flexibility index (Phi) is 3.74. The fraction of sp³-hybridized carbons (Fsp3) is 0.357. The standard InChI is InChI=1S/C14H14FNO3/c1-9(17)5-2-3-8-16-12-10(13(18)14(16)19)6-4-7-11(12)15/h4,6-7H,2-3,5,8H2,1H3. The van der Waals surface area contributed by atoms with E-state index in [1.165, 1.54) is 30.0 Å². The lowest BCUT2D eigenvalue weighted by Gasteiger charge is -2.16. The smallest absolute Gasteiger partial charge is 0.299 e. The first-order chi connectivity index (χ1) is 9.02. The Bertz CT molecular complexity index is 554. The Morgan fingerprint density at radius 2 is 2.00 bits per heavy atom. The molecule has 0 aromatic heterocycles. The Morgan fingerprint density at radius 1 is 1.26 bits per heavy atom. The topological polar surface area (TPSA) is 54.5 Å². The normalized spacial score (nSPS) is 13.9. The van der Waals surface area contributed by atoms with E-state index in [9.17, 15) is 18.8 Å². The van der Waals surface area contributed by atoms with Crippen molar-refractivity contribution in [1.29, 1.82) is 0 Å². The summed E-state index contributed by atoms with van der Waals surface area (Å²) in [5.41, 5.74) is 0.192. The van der Waals surface area contributed by atoms with Crippen molar-refractivity contribution in [3.63, 3.8) is 0 Å². The number of carbonyl (C=O) groups is 3. The average molecular weight is 263 g/mol. The molecular weight excluding hydrogens is 249 g/mol. The van der Waals surface area contributed by atoms with Gasteiger partial charge in [-0.1, -0.05) is 6.07 Å². The summed E-state index contributed by atoms with van der Waals surface area (Å²) in [4.78, 5) is 35.5. The number of hydrogen-bond donors (Lipinski definition) is 0. The van der Waals surface area contributed by atoms with Crippen molar-refractivity contribution in [2.75, 3.05) is 11.4 Å². The second kappa shape index (κ2) is 5.30. The van der Waals surface area contributed by atoms with Crippen molar-refractivity contribution in [3.8, 4) is 0 Å². The van der Waals surface area contributed by atoms with E-state index in [2.05, 4.69) is 0 Å². The summed E-state index contributed by atoms with van der Waals surface area (Å²) in [7, 11) is 0. The van der Waals surface area contributed by atoms with Gasteiger partial charge in [0.25, 0.3) is 11.7 Å². The molecule has 0 unspecified atom stereocenters. The quantitative estimate of drug-likeness (QED) is 0.604. The van der Waals surface area contributed by atoms with Crippen LogP contribution in [0.2, 0.25) is 0 Å². The molecule has 4 nitrogen and oxygen atoms in total. The maximum Gasteiger partial charge on any atom is 0.299 e. The lowest BCUT2D eigenvalue weighted by atomic mass is 10.1. The number of nitrogens with zero attached hydrogens (tertiary/aromatic N) is 1. The van der Waals surface area contributed by atoms with Crippen molar-refractivity contribution < 1.29 is 18.8 Å². The van der Waals surface area contributed by atoms with E-state index in [-0.39, 0.29) is 23.6 Å².